The van der Waals surface area contributed by atoms with Crippen LogP contribution in [0.3, 0.4) is 0 Å². The number of rotatable bonds is 10. The number of anilines is 2. The van der Waals surface area contributed by atoms with Crippen LogP contribution in [0.5, 0.6) is 11.5 Å². The molecule has 0 radical (unpaired) electrons. The van der Waals surface area contributed by atoms with Gasteiger partial charge in [-0.1, -0.05) is 55.4 Å². The average Bonchev–Trinajstić information content (AvgIpc) is 3.26. The van der Waals surface area contributed by atoms with E-state index in [0.717, 1.165) is 24.2 Å². The summed E-state index contributed by atoms with van der Waals surface area (Å²) in [5, 5.41) is 11.8. The van der Waals surface area contributed by atoms with Crippen molar-refractivity contribution in [2.45, 2.75) is 44.8 Å². The minimum atomic E-state index is -0.519. The van der Waals surface area contributed by atoms with Crippen molar-refractivity contribution in [1.82, 2.24) is 14.8 Å². The molecule has 0 spiro atoms. The number of hydrogen-bond acceptors (Lipinski definition) is 7. The lowest BCUT2D eigenvalue weighted by Gasteiger charge is -2.29. The molecule has 1 aliphatic heterocycles. The molecule has 1 aliphatic rings. The lowest BCUT2D eigenvalue weighted by molar-refractivity contribution is -0.113. The Morgan fingerprint density at radius 2 is 1.89 bits per heavy atom. The van der Waals surface area contributed by atoms with E-state index in [0.29, 0.717) is 46.2 Å². The number of aromatic nitrogens is 3. The normalized spacial score (nSPS) is 14.8. The summed E-state index contributed by atoms with van der Waals surface area (Å²) >= 11 is 1.62. The maximum Gasteiger partial charge on any atom is 0.255 e. The lowest BCUT2D eigenvalue weighted by atomic mass is 9.94. The number of amides is 1. The highest BCUT2D eigenvalue weighted by Crippen LogP contribution is 2.40. The number of hydrogen-bond donors (Lipinski definition) is 2. The fraction of sp³-hybridized carbons (Fsp3) is 0.346. The van der Waals surface area contributed by atoms with Gasteiger partial charge in [-0.2, -0.15) is 4.98 Å². The number of para-hydroxylation sites is 3. The number of fused-ring (bicyclic) bond motifs is 1. The van der Waals surface area contributed by atoms with Gasteiger partial charge >= 0.3 is 0 Å². The number of carbonyl (C=O) groups excluding carboxylic acids is 1. The fourth-order valence-corrected chi connectivity index (χ4v) is 4.93. The van der Waals surface area contributed by atoms with Gasteiger partial charge < -0.3 is 20.1 Å². The first-order valence-electron chi connectivity index (χ1n) is 11.8. The van der Waals surface area contributed by atoms with Crippen LogP contribution < -0.4 is 20.1 Å². The SMILES string of the molecule is CCCCSc1nc2n(n1)C(c1ccccc1OC)C(C(=O)Nc1ccccc1OCC)=C(C)N2. The molecule has 1 unspecified atom stereocenters. The van der Waals surface area contributed by atoms with Crippen LogP contribution in [0.4, 0.5) is 11.6 Å². The summed E-state index contributed by atoms with van der Waals surface area (Å²) in [5.41, 5.74) is 2.68. The van der Waals surface area contributed by atoms with Crippen LogP contribution in [0, 0.1) is 0 Å². The maximum absolute atomic E-state index is 13.8. The van der Waals surface area contributed by atoms with Gasteiger partial charge in [0.1, 0.15) is 17.5 Å². The molecule has 2 N–H and O–H groups in total. The van der Waals surface area contributed by atoms with E-state index in [1.807, 2.05) is 62.4 Å². The number of nitrogens with zero attached hydrogens (tertiary/aromatic N) is 3. The molecule has 2 heterocycles. The summed E-state index contributed by atoms with van der Waals surface area (Å²) in [6, 6.07) is 14.6. The van der Waals surface area contributed by atoms with Crippen molar-refractivity contribution in [3.8, 4) is 11.5 Å². The van der Waals surface area contributed by atoms with Crippen LogP contribution in [0.25, 0.3) is 0 Å². The van der Waals surface area contributed by atoms with Gasteiger partial charge in [-0.05, 0) is 38.5 Å². The Balaban J connectivity index is 1.76. The molecule has 2 aromatic carbocycles. The van der Waals surface area contributed by atoms with Crippen molar-refractivity contribution in [2.24, 2.45) is 0 Å². The summed E-state index contributed by atoms with van der Waals surface area (Å²) in [5.74, 6) is 2.58. The second kappa shape index (κ2) is 11.3. The fourth-order valence-electron chi connectivity index (χ4n) is 4.02. The van der Waals surface area contributed by atoms with Crippen molar-refractivity contribution < 1.29 is 14.3 Å². The zero-order valence-corrected chi connectivity index (χ0v) is 21.3. The highest BCUT2D eigenvalue weighted by Gasteiger charge is 2.36. The molecular weight excluding hydrogens is 462 g/mol. The average molecular weight is 494 g/mol. The third-order valence-corrected chi connectivity index (χ3v) is 6.60. The molecule has 4 rings (SSSR count). The van der Waals surface area contributed by atoms with E-state index in [2.05, 4.69) is 17.6 Å². The van der Waals surface area contributed by atoms with Crippen LogP contribution >= 0.6 is 11.8 Å². The van der Waals surface area contributed by atoms with Crippen molar-refractivity contribution in [2.75, 3.05) is 30.1 Å². The molecule has 1 aromatic heterocycles. The Morgan fingerprint density at radius 3 is 2.63 bits per heavy atom. The molecular formula is C26H31N5O3S. The van der Waals surface area contributed by atoms with E-state index < -0.39 is 6.04 Å². The number of ether oxygens (including phenoxy) is 2. The Kier molecular flexibility index (Phi) is 7.97. The molecule has 0 saturated heterocycles. The minimum absolute atomic E-state index is 0.251. The number of allylic oxidation sites excluding steroid dienone is 1. The van der Waals surface area contributed by atoms with Gasteiger partial charge in [-0.3, -0.25) is 4.79 Å². The molecule has 1 amide bonds. The number of methoxy groups -OCH3 is 1. The van der Waals surface area contributed by atoms with Crippen LogP contribution in [0.15, 0.2) is 65.0 Å². The van der Waals surface area contributed by atoms with Gasteiger partial charge in [0.25, 0.3) is 5.91 Å². The van der Waals surface area contributed by atoms with E-state index in [1.165, 1.54) is 0 Å². The predicted octanol–water partition coefficient (Wildman–Crippen LogP) is 5.51. The Morgan fingerprint density at radius 1 is 1.14 bits per heavy atom. The molecule has 184 valence electrons. The van der Waals surface area contributed by atoms with E-state index in [1.54, 1.807) is 23.6 Å². The van der Waals surface area contributed by atoms with E-state index in [-0.39, 0.29) is 5.91 Å². The molecule has 1 atom stereocenters. The van der Waals surface area contributed by atoms with E-state index in [4.69, 9.17) is 19.6 Å². The smallest absolute Gasteiger partial charge is 0.255 e. The van der Waals surface area contributed by atoms with Crippen LogP contribution in [0.2, 0.25) is 0 Å². The summed E-state index contributed by atoms with van der Waals surface area (Å²) < 4.78 is 13.2. The van der Waals surface area contributed by atoms with Gasteiger partial charge in [0.2, 0.25) is 11.1 Å². The molecule has 8 nitrogen and oxygen atoms in total. The Labute approximate surface area is 210 Å². The zero-order chi connectivity index (χ0) is 24.8. The van der Waals surface area contributed by atoms with Gasteiger partial charge in [-0.25, -0.2) is 4.68 Å². The van der Waals surface area contributed by atoms with Crippen LogP contribution in [-0.4, -0.2) is 40.1 Å². The number of benzene rings is 2. The minimum Gasteiger partial charge on any atom is -0.496 e. The third kappa shape index (κ3) is 5.30. The summed E-state index contributed by atoms with van der Waals surface area (Å²) in [7, 11) is 1.63. The molecule has 35 heavy (non-hydrogen) atoms. The number of nitrogens with one attached hydrogen (secondary N) is 2. The number of thioether (sulfide) groups is 1. The standard InChI is InChI=1S/C26H31N5O3S/c1-5-7-16-35-26-29-25-27-17(3)22(24(32)28-19-13-9-11-15-21(19)34-6-2)23(31(25)30-26)18-12-8-10-14-20(18)33-4/h8-15,23H,5-7,16H2,1-4H3,(H,28,32)(H,27,29,30). The van der Waals surface area contributed by atoms with Crippen LogP contribution in [-0.2, 0) is 4.79 Å². The molecule has 9 heteroatoms. The predicted molar refractivity (Wildman–Crippen MR) is 139 cm³/mol. The Hall–Kier alpha value is -3.46. The highest BCUT2D eigenvalue weighted by atomic mass is 32.2. The highest BCUT2D eigenvalue weighted by molar-refractivity contribution is 7.99. The lowest BCUT2D eigenvalue weighted by Crippen LogP contribution is -2.31. The van der Waals surface area contributed by atoms with Crippen molar-refractivity contribution in [3.05, 3.63) is 65.4 Å². The molecule has 0 bridgehead atoms. The van der Waals surface area contributed by atoms with E-state index in [9.17, 15) is 4.79 Å². The quantitative estimate of drug-likeness (QED) is 0.284. The number of carbonyl (C=O) groups is 1. The number of unbranched alkanes of at least 4 members (excludes halogenated alkanes) is 1. The second-order valence-electron chi connectivity index (χ2n) is 8.06. The first-order valence-corrected chi connectivity index (χ1v) is 12.8. The molecule has 0 saturated carbocycles. The van der Waals surface area contributed by atoms with Crippen molar-refractivity contribution in [1.29, 1.82) is 0 Å². The Bertz CT molecular complexity index is 1220. The summed E-state index contributed by atoms with van der Waals surface area (Å²) in [4.78, 5) is 18.5. The molecule has 0 fully saturated rings. The van der Waals surface area contributed by atoms with Gasteiger partial charge in [0.15, 0.2) is 0 Å². The van der Waals surface area contributed by atoms with Gasteiger partial charge in [0, 0.05) is 17.0 Å². The second-order valence-corrected chi connectivity index (χ2v) is 9.12. The first kappa shape index (κ1) is 24.7. The van der Waals surface area contributed by atoms with Crippen molar-refractivity contribution in [3.63, 3.8) is 0 Å². The maximum atomic E-state index is 13.8. The molecule has 3 aromatic rings. The third-order valence-electron chi connectivity index (χ3n) is 5.68. The largest absolute Gasteiger partial charge is 0.496 e. The summed E-state index contributed by atoms with van der Waals surface area (Å²) in [6.07, 6.45) is 2.19. The first-order chi connectivity index (χ1) is 17.1. The topological polar surface area (TPSA) is 90.3 Å². The summed E-state index contributed by atoms with van der Waals surface area (Å²) in [6.45, 7) is 6.46. The molecule has 0 aliphatic carbocycles. The van der Waals surface area contributed by atoms with Crippen LogP contribution in [0.1, 0.15) is 45.2 Å². The van der Waals surface area contributed by atoms with Gasteiger partial charge in [-0.15, -0.1) is 5.10 Å². The van der Waals surface area contributed by atoms with Crippen molar-refractivity contribution >= 4 is 29.3 Å². The zero-order valence-electron chi connectivity index (χ0n) is 20.5. The van der Waals surface area contributed by atoms with Gasteiger partial charge in [0.05, 0.1) is 25.0 Å². The monoisotopic (exact) mass is 493 g/mol. The van der Waals surface area contributed by atoms with E-state index >= 15 is 0 Å².